The molecule has 25 heavy (non-hydrogen) atoms. The predicted octanol–water partition coefficient (Wildman–Crippen LogP) is 3.57. The molecule has 2 saturated heterocycles. The summed E-state index contributed by atoms with van der Waals surface area (Å²) in [6.07, 6.45) is 5.27. The number of hydrogen-bond acceptors (Lipinski definition) is 4. The molecule has 1 aromatic carbocycles. The molecule has 1 spiro atoms. The molecule has 0 aliphatic carbocycles. The van der Waals surface area contributed by atoms with Gasteiger partial charge in [-0.1, -0.05) is 11.6 Å². The van der Waals surface area contributed by atoms with Crippen LogP contribution in [0.1, 0.15) is 32.1 Å². The molecule has 0 saturated carbocycles. The Morgan fingerprint density at radius 3 is 2.92 bits per heavy atom. The molecule has 2 fully saturated rings. The van der Waals surface area contributed by atoms with Gasteiger partial charge in [-0.15, -0.1) is 0 Å². The van der Waals surface area contributed by atoms with Crippen LogP contribution in [0.25, 0.3) is 0 Å². The number of benzene rings is 1. The van der Waals surface area contributed by atoms with E-state index < -0.39 is 0 Å². The van der Waals surface area contributed by atoms with Crippen LogP contribution < -0.4 is 10.1 Å². The third-order valence-corrected chi connectivity index (χ3v) is 5.62. The zero-order valence-corrected chi connectivity index (χ0v) is 15.6. The van der Waals surface area contributed by atoms with Crippen LogP contribution in [-0.4, -0.2) is 50.8 Å². The lowest BCUT2D eigenvalue weighted by molar-refractivity contribution is -0.116. The largest absolute Gasteiger partial charge is 0.495 e. The van der Waals surface area contributed by atoms with Crippen molar-refractivity contribution in [2.75, 3.05) is 45.3 Å². The molecule has 0 atom stereocenters. The van der Waals surface area contributed by atoms with Crippen molar-refractivity contribution in [2.24, 2.45) is 5.41 Å². The number of halogens is 1. The van der Waals surface area contributed by atoms with E-state index in [0.29, 0.717) is 28.3 Å². The fraction of sp³-hybridized carbons (Fsp3) is 0.632. The molecule has 3 rings (SSSR count). The molecule has 0 bridgehead atoms. The Morgan fingerprint density at radius 2 is 2.16 bits per heavy atom. The number of carbonyl (C=O) groups is 1. The molecule has 0 aromatic heterocycles. The molecular weight excluding hydrogens is 340 g/mol. The van der Waals surface area contributed by atoms with Gasteiger partial charge in [0.1, 0.15) is 5.75 Å². The quantitative estimate of drug-likeness (QED) is 0.865. The first-order valence-electron chi connectivity index (χ1n) is 9.04. The molecule has 2 heterocycles. The second-order valence-electron chi connectivity index (χ2n) is 7.13. The monoisotopic (exact) mass is 366 g/mol. The summed E-state index contributed by atoms with van der Waals surface area (Å²) >= 11 is 6.01. The lowest BCUT2D eigenvalue weighted by Crippen LogP contribution is -2.46. The first kappa shape index (κ1) is 18.5. The topological polar surface area (TPSA) is 50.8 Å². The van der Waals surface area contributed by atoms with Gasteiger partial charge in [-0.25, -0.2) is 0 Å². The lowest BCUT2D eigenvalue weighted by Gasteiger charge is -2.45. The molecular formula is C19H27ClN2O3. The highest BCUT2D eigenvalue weighted by Gasteiger charge is 2.36. The Balaban J connectivity index is 1.51. The Kier molecular flexibility index (Phi) is 6.20. The van der Waals surface area contributed by atoms with E-state index in [1.54, 1.807) is 25.3 Å². The van der Waals surface area contributed by atoms with E-state index in [4.69, 9.17) is 21.1 Å². The third-order valence-electron chi connectivity index (χ3n) is 5.38. The summed E-state index contributed by atoms with van der Waals surface area (Å²) in [5, 5.41) is 3.50. The first-order valence-corrected chi connectivity index (χ1v) is 9.42. The van der Waals surface area contributed by atoms with E-state index in [1.807, 2.05) is 0 Å². The van der Waals surface area contributed by atoms with E-state index in [0.717, 1.165) is 45.7 Å². The van der Waals surface area contributed by atoms with Crippen LogP contribution >= 0.6 is 11.6 Å². The van der Waals surface area contributed by atoms with Crippen LogP contribution in [-0.2, 0) is 9.53 Å². The average molecular weight is 367 g/mol. The highest BCUT2D eigenvalue weighted by atomic mass is 35.5. The van der Waals surface area contributed by atoms with Gasteiger partial charge in [0.05, 0.1) is 12.8 Å². The van der Waals surface area contributed by atoms with Gasteiger partial charge in [-0.05, 0) is 55.8 Å². The average Bonchev–Trinajstić information content (AvgIpc) is 2.61. The molecule has 138 valence electrons. The fourth-order valence-corrected chi connectivity index (χ4v) is 4.14. The molecule has 0 unspecified atom stereocenters. The van der Waals surface area contributed by atoms with Crippen molar-refractivity contribution in [1.29, 1.82) is 0 Å². The van der Waals surface area contributed by atoms with Crippen molar-refractivity contribution >= 4 is 23.2 Å². The zero-order valence-electron chi connectivity index (χ0n) is 14.9. The molecule has 0 radical (unpaired) electrons. The lowest BCUT2D eigenvalue weighted by atomic mass is 9.74. The Labute approximate surface area is 154 Å². The number of amides is 1. The molecule has 1 amide bonds. The predicted molar refractivity (Wildman–Crippen MR) is 99.4 cm³/mol. The van der Waals surface area contributed by atoms with E-state index in [2.05, 4.69) is 10.2 Å². The van der Waals surface area contributed by atoms with E-state index in [1.165, 1.54) is 12.8 Å². The van der Waals surface area contributed by atoms with Crippen LogP contribution in [0.3, 0.4) is 0 Å². The highest BCUT2D eigenvalue weighted by molar-refractivity contribution is 6.31. The summed E-state index contributed by atoms with van der Waals surface area (Å²) in [6, 6.07) is 5.23. The van der Waals surface area contributed by atoms with E-state index >= 15 is 0 Å². The van der Waals surface area contributed by atoms with Crippen LogP contribution in [0.15, 0.2) is 18.2 Å². The number of carbonyl (C=O) groups excluding carboxylic acids is 1. The van der Waals surface area contributed by atoms with Crippen molar-refractivity contribution in [1.82, 2.24) is 4.90 Å². The minimum atomic E-state index is -0.00725. The zero-order chi connectivity index (χ0) is 17.7. The second-order valence-corrected chi connectivity index (χ2v) is 7.57. The Bertz CT molecular complexity index is 597. The standard InChI is InChI=1S/C19H27ClN2O3/c1-24-17-4-3-15(20)13-16(17)21-18(23)5-10-22-9-2-6-19(14-22)7-11-25-12-8-19/h3-4,13H,2,5-12,14H2,1H3,(H,21,23). The molecule has 1 aromatic rings. The van der Waals surface area contributed by atoms with Gasteiger partial charge < -0.3 is 19.7 Å². The Hall–Kier alpha value is -1.30. The van der Waals surface area contributed by atoms with Gasteiger partial charge in [0.15, 0.2) is 0 Å². The maximum absolute atomic E-state index is 12.3. The smallest absolute Gasteiger partial charge is 0.225 e. The second kappa shape index (κ2) is 8.39. The first-order chi connectivity index (χ1) is 12.1. The van der Waals surface area contributed by atoms with Crippen LogP contribution in [0.2, 0.25) is 5.02 Å². The highest BCUT2D eigenvalue weighted by Crippen LogP contribution is 2.39. The van der Waals surface area contributed by atoms with Crippen molar-refractivity contribution in [3.05, 3.63) is 23.2 Å². The summed E-state index contributed by atoms with van der Waals surface area (Å²) in [5.41, 5.74) is 1.03. The number of hydrogen-bond donors (Lipinski definition) is 1. The Morgan fingerprint density at radius 1 is 1.36 bits per heavy atom. The number of nitrogens with zero attached hydrogens (tertiary/aromatic N) is 1. The van der Waals surface area contributed by atoms with Gasteiger partial charge in [0.2, 0.25) is 5.91 Å². The number of rotatable bonds is 5. The summed E-state index contributed by atoms with van der Waals surface area (Å²) in [6.45, 7) is 4.71. The van der Waals surface area contributed by atoms with Gasteiger partial charge >= 0.3 is 0 Å². The number of methoxy groups -OCH3 is 1. The van der Waals surface area contributed by atoms with Gasteiger partial charge in [-0.2, -0.15) is 0 Å². The molecule has 2 aliphatic heterocycles. The van der Waals surface area contributed by atoms with Crippen molar-refractivity contribution in [2.45, 2.75) is 32.1 Å². The minimum Gasteiger partial charge on any atom is -0.495 e. The van der Waals surface area contributed by atoms with E-state index in [9.17, 15) is 4.79 Å². The maximum Gasteiger partial charge on any atom is 0.225 e. The number of ether oxygens (including phenoxy) is 2. The number of nitrogens with one attached hydrogen (secondary N) is 1. The summed E-state index contributed by atoms with van der Waals surface area (Å²) in [4.78, 5) is 14.8. The third kappa shape index (κ3) is 4.87. The van der Waals surface area contributed by atoms with Crippen LogP contribution in [0.5, 0.6) is 5.75 Å². The van der Waals surface area contributed by atoms with Gasteiger partial charge in [-0.3, -0.25) is 4.79 Å². The molecule has 1 N–H and O–H groups in total. The van der Waals surface area contributed by atoms with Gasteiger partial charge in [0.25, 0.3) is 0 Å². The molecule has 6 heteroatoms. The normalized spacial score (nSPS) is 20.4. The van der Waals surface area contributed by atoms with E-state index in [-0.39, 0.29) is 5.91 Å². The van der Waals surface area contributed by atoms with Gasteiger partial charge in [0, 0.05) is 37.7 Å². The van der Waals surface area contributed by atoms with Crippen LogP contribution in [0.4, 0.5) is 5.69 Å². The van der Waals surface area contributed by atoms with Crippen molar-refractivity contribution in [3.8, 4) is 5.75 Å². The number of likely N-dealkylation sites (tertiary alicyclic amines) is 1. The number of piperidine rings is 1. The summed E-state index contributed by atoms with van der Waals surface area (Å²) < 4.78 is 10.8. The maximum atomic E-state index is 12.3. The van der Waals surface area contributed by atoms with Crippen molar-refractivity contribution < 1.29 is 14.3 Å². The fourth-order valence-electron chi connectivity index (χ4n) is 3.96. The number of anilines is 1. The SMILES string of the molecule is COc1ccc(Cl)cc1NC(=O)CCN1CCCC2(CCOCC2)C1. The molecule has 5 nitrogen and oxygen atoms in total. The van der Waals surface area contributed by atoms with Crippen LogP contribution in [0, 0.1) is 5.41 Å². The summed E-state index contributed by atoms with van der Waals surface area (Å²) in [7, 11) is 1.58. The molecule has 2 aliphatic rings. The van der Waals surface area contributed by atoms with Crippen molar-refractivity contribution in [3.63, 3.8) is 0 Å². The minimum absolute atomic E-state index is 0.00725. The summed E-state index contributed by atoms with van der Waals surface area (Å²) in [5.74, 6) is 0.615.